The van der Waals surface area contributed by atoms with Crippen LogP contribution in [0.5, 0.6) is 0 Å². The molecule has 0 aliphatic carbocycles. The van der Waals surface area contributed by atoms with E-state index in [4.69, 9.17) is 9.52 Å². The molecule has 0 saturated carbocycles. The van der Waals surface area contributed by atoms with Gasteiger partial charge in [0.25, 0.3) is 0 Å². The van der Waals surface area contributed by atoms with Crippen molar-refractivity contribution in [3.63, 3.8) is 0 Å². The lowest BCUT2D eigenvalue weighted by atomic mass is 10.1. The van der Waals surface area contributed by atoms with E-state index in [0.717, 1.165) is 94.0 Å². The highest BCUT2D eigenvalue weighted by Gasteiger charge is 2.18. The van der Waals surface area contributed by atoms with Gasteiger partial charge in [-0.25, -0.2) is 15.0 Å². The lowest BCUT2D eigenvalue weighted by Crippen LogP contribution is -2.47. The molecule has 3 rings (SSSR count). The molecule has 1 aliphatic rings. The number of nitrogens with zero attached hydrogens (tertiary/aromatic N) is 6. The molecule has 2 aromatic rings. The number of aryl methyl sites for hydroxylation is 2. The fraction of sp³-hybridized carbons (Fsp3) is 0.636. The molecule has 9 nitrogen and oxygen atoms in total. The predicted molar refractivity (Wildman–Crippen MR) is 123 cm³/mol. The molecule has 2 N–H and O–H groups in total. The Labute approximate surface area is 185 Å². The molecule has 0 unspecified atom stereocenters. The maximum atomic E-state index is 5.45. The van der Waals surface area contributed by atoms with Crippen molar-refractivity contribution >= 4 is 11.9 Å². The van der Waals surface area contributed by atoms with Gasteiger partial charge >= 0.3 is 0 Å². The van der Waals surface area contributed by atoms with E-state index in [9.17, 15) is 0 Å². The first kappa shape index (κ1) is 23.0. The Morgan fingerprint density at radius 1 is 1.06 bits per heavy atom. The van der Waals surface area contributed by atoms with Gasteiger partial charge in [-0.05, 0) is 32.4 Å². The maximum absolute atomic E-state index is 5.45. The molecule has 0 radical (unpaired) electrons. The van der Waals surface area contributed by atoms with E-state index in [1.165, 1.54) is 0 Å². The quantitative estimate of drug-likeness (QED) is 0.336. The summed E-state index contributed by atoms with van der Waals surface area (Å²) in [5, 5.41) is 11.0. The van der Waals surface area contributed by atoms with E-state index in [2.05, 4.69) is 56.3 Å². The fourth-order valence-corrected chi connectivity index (χ4v) is 3.75. The number of rotatable bonds is 10. The Bertz CT molecular complexity index is 778. The minimum atomic E-state index is 0.592. The zero-order valence-electron chi connectivity index (χ0n) is 19.1. The van der Waals surface area contributed by atoms with Crippen LogP contribution in [-0.2, 0) is 19.4 Å². The van der Waals surface area contributed by atoms with Crippen molar-refractivity contribution in [2.45, 2.75) is 46.6 Å². The van der Waals surface area contributed by atoms with Gasteiger partial charge in [0.15, 0.2) is 5.96 Å². The summed E-state index contributed by atoms with van der Waals surface area (Å²) in [6, 6.07) is 1.86. The molecular formula is C22H36N8O. The van der Waals surface area contributed by atoms with Gasteiger partial charge in [0, 0.05) is 63.6 Å². The van der Waals surface area contributed by atoms with Crippen molar-refractivity contribution in [3.05, 3.63) is 35.5 Å². The lowest BCUT2D eigenvalue weighted by molar-refractivity contribution is 0.254. The van der Waals surface area contributed by atoms with Gasteiger partial charge in [-0.15, -0.1) is 0 Å². The lowest BCUT2D eigenvalue weighted by Gasteiger charge is -2.34. The normalized spacial score (nSPS) is 15.3. The summed E-state index contributed by atoms with van der Waals surface area (Å²) in [6.45, 7) is 13.7. The number of piperazine rings is 1. The second kappa shape index (κ2) is 12.2. The molecule has 0 aromatic carbocycles. The first-order valence-corrected chi connectivity index (χ1v) is 11.5. The highest BCUT2D eigenvalue weighted by atomic mass is 16.5. The first-order valence-electron chi connectivity index (χ1n) is 11.5. The predicted octanol–water partition coefficient (Wildman–Crippen LogP) is 1.86. The van der Waals surface area contributed by atoms with Gasteiger partial charge in [-0.2, -0.15) is 0 Å². The Morgan fingerprint density at radius 2 is 1.84 bits per heavy atom. The summed E-state index contributed by atoms with van der Waals surface area (Å²) < 4.78 is 5.45. The van der Waals surface area contributed by atoms with Crippen LogP contribution in [0.4, 0.5) is 5.95 Å². The van der Waals surface area contributed by atoms with Crippen LogP contribution in [0.25, 0.3) is 0 Å². The molecule has 31 heavy (non-hydrogen) atoms. The van der Waals surface area contributed by atoms with Crippen LogP contribution in [0.1, 0.15) is 44.2 Å². The highest BCUT2D eigenvalue weighted by Crippen LogP contribution is 2.16. The summed E-state index contributed by atoms with van der Waals surface area (Å²) in [6.07, 6.45) is 6.38. The highest BCUT2D eigenvalue weighted by molar-refractivity contribution is 5.79. The largest absolute Gasteiger partial charge is 0.361 e. The van der Waals surface area contributed by atoms with Gasteiger partial charge < -0.3 is 20.1 Å². The molecule has 1 saturated heterocycles. The van der Waals surface area contributed by atoms with E-state index in [-0.39, 0.29) is 0 Å². The van der Waals surface area contributed by atoms with Crippen LogP contribution in [-0.4, -0.2) is 71.8 Å². The Hall–Kier alpha value is -2.68. The van der Waals surface area contributed by atoms with Crippen LogP contribution >= 0.6 is 0 Å². The van der Waals surface area contributed by atoms with Crippen LogP contribution < -0.4 is 15.5 Å². The second-order valence-electron chi connectivity index (χ2n) is 7.59. The molecule has 0 amide bonds. The number of hydrogen-bond donors (Lipinski definition) is 2. The van der Waals surface area contributed by atoms with Crippen molar-refractivity contribution in [3.8, 4) is 0 Å². The van der Waals surface area contributed by atoms with Gasteiger partial charge in [0.2, 0.25) is 5.95 Å². The van der Waals surface area contributed by atoms with Crippen LogP contribution in [0.2, 0.25) is 0 Å². The molecule has 2 aromatic heterocycles. The van der Waals surface area contributed by atoms with Crippen LogP contribution in [0.15, 0.2) is 28.0 Å². The molecule has 0 bridgehead atoms. The van der Waals surface area contributed by atoms with Crippen molar-refractivity contribution in [2.75, 3.05) is 50.7 Å². The molecule has 170 valence electrons. The molecule has 9 heteroatoms. The summed E-state index contributed by atoms with van der Waals surface area (Å²) in [7, 11) is 0. The van der Waals surface area contributed by atoms with Crippen molar-refractivity contribution in [1.29, 1.82) is 0 Å². The number of aromatic nitrogens is 3. The van der Waals surface area contributed by atoms with Gasteiger partial charge in [0.05, 0.1) is 12.2 Å². The zero-order chi connectivity index (χ0) is 21.9. The van der Waals surface area contributed by atoms with E-state index >= 15 is 0 Å². The third-order valence-corrected chi connectivity index (χ3v) is 5.50. The Kier molecular flexibility index (Phi) is 9.08. The number of aliphatic imine (C=N–C) groups is 1. The van der Waals surface area contributed by atoms with Crippen molar-refractivity contribution < 1.29 is 4.52 Å². The monoisotopic (exact) mass is 428 g/mol. The fourth-order valence-electron chi connectivity index (χ4n) is 3.75. The number of hydrogen-bond acceptors (Lipinski definition) is 7. The van der Waals surface area contributed by atoms with E-state index in [1.54, 1.807) is 12.4 Å². The number of guanidine groups is 1. The maximum Gasteiger partial charge on any atom is 0.225 e. The average Bonchev–Trinajstić information content (AvgIpc) is 3.23. The molecule has 0 spiro atoms. The molecular weight excluding hydrogens is 392 g/mol. The minimum absolute atomic E-state index is 0.592. The van der Waals surface area contributed by atoms with E-state index in [0.29, 0.717) is 6.54 Å². The SMILES string of the molecule is CCNC(=NCc1c(CC)noc1CC)NCCCN1CCN(c2ncccn2)CC1. The number of nitrogens with one attached hydrogen (secondary N) is 2. The van der Waals surface area contributed by atoms with E-state index < -0.39 is 0 Å². The van der Waals surface area contributed by atoms with Crippen LogP contribution in [0, 0.1) is 0 Å². The van der Waals surface area contributed by atoms with Crippen LogP contribution in [0.3, 0.4) is 0 Å². The molecule has 3 heterocycles. The average molecular weight is 429 g/mol. The van der Waals surface area contributed by atoms with Gasteiger partial charge in [0.1, 0.15) is 5.76 Å². The number of anilines is 1. The second-order valence-corrected chi connectivity index (χ2v) is 7.59. The van der Waals surface area contributed by atoms with Gasteiger partial charge in [-0.1, -0.05) is 19.0 Å². The molecule has 0 atom stereocenters. The summed E-state index contributed by atoms with van der Waals surface area (Å²) in [5.41, 5.74) is 2.14. The third-order valence-electron chi connectivity index (χ3n) is 5.50. The third kappa shape index (κ3) is 6.65. The van der Waals surface area contributed by atoms with Gasteiger partial charge in [-0.3, -0.25) is 4.90 Å². The molecule has 1 aliphatic heterocycles. The summed E-state index contributed by atoms with van der Waals surface area (Å²) >= 11 is 0. The smallest absolute Gasteiger partial charge is 0.225 e. The van der Waals surface area contributed by atoms with Crippen molar-refractivity contribution in [1.82, 2.24) is 30.7 Å². The standard InChI is InChI=1S/C22H36N8O/c1-4-19-18(20(5-2)31-28-19)17-27-21(23-6-3)24-11-8-12-29-13-15-30(16-14-29)22-25-9-7-10-26-22/h7,9-10H,4-6,8,11-17H2,1-3H3,(H2,23,24,27). The zero-order valence-corrected chi connectivity index (χ0v) is 19.1. The topological polar surface area (TPSA) is 94.7 Å². The van der Waals surface area contributed by atoms with Crippen molar-refractivity contribution in [2.24, 2.45) is 4.99 Å². The summed E-state index contributed by atoms with van der Waals surface area (Å²) in [5.74, 6) is 2.62. The minimum Gasteiger partial charge on any atom is -0.361 e. The first-order chi connectivity index (χ1) is 15.2. The Morgan fingerprint density at radius 3 is 2.52 bits per heavy atom. The summed E-state index contributed by atoms with van der Waals surface area (Å²) in [4.78, 5) is 18.2. The molecule has 1 fully saturated rings. The Balaban J connectivity index is 1.41. The van der Waals surface area contributed by atoms with E-state index in [1.807, 2.05) is 6.07 Å².